The molecule has 1 saturated heterocycles. The van der Waals surface area contributed by atoms with Gasteiger partial charge in [0.1, 0.15) is 5.76 Å². The molecule has 1 N–H and O–H groups in total. The minimum absolute atomic E-state index is 0.0102. The fourth-order valence-corrected chi connectivity index (χ4v) is 2.71. The van der Waals surface area contributed by atoms with Crippen molar-refractivity contribution in [2.75, 3.05) is 13.1 Å². The van der Waals surface area contributed by atoms with Crippen LogP contribution in [-0.2, 0) is 11.2 Å². The number of furan rings is 1. The Morgan fingerprint density at radius 2 is 2.10 bits per heavy atom. The molecule has 110 valence electrons. The Labute approximate surface area is 118 Å². The predicted molar refractivity (Wildman–Crippen MR) is 73.6 cm³/mol. The van der Waals surface area contributed by atoms with E-state index in [4.69, 9.17) is 9.52 Å². The lowest BCUT2D eigenvalue weighted by Crippen LogP contribution is -2.39. The standard InChI is InChI=1S/C15H21NO4/c1-2-3-13-12(6-9-20-13)15(19)16-7-4-11(5-8-16)10-14(17)18/h6,9,11H,2-5,7-8,10H2,1H3,(H,17,18). The number of hydrogen-bond acceptors (Lipinski definition) is 3. The first-order valence-corrected chi connectivity index (χ1v) is 7.19. The quantitative estimate of drug-likeness (QED) is 0.899. The van der Waals surface area contributed by atoms with Gasteiger partial charge in [0.25, 0.3) is 5.91 Å². The maximum Gasteiger partial charge on any atom is 0.303 e. The number of hydrogen-bond donors (Lipinski definition) is 1. The molecule has 1 aliphatic heterocycles. The summed E-state index contributed by atoms with van der Waals surface area (Å²) in [6.07, 6.45) is 5.00. The number of carbonyl (C=O) groups excluding carboxylic acids is 1. The summed E-state index contributed by atoms with van der Waals surface area (Å²) in [6, 6.07) is 1.73. The van der Waals surface area contributed by atoms with Crippen molar-refractivity contribution in [1.82, 2.24) is 4.90 Å². The largest absolute Gasteiger partial charge is 0.481 e. The fraction of sp³-hybridized carbons (Fsp3) is 0.600. The van der Waals surface area contributed by atoms with Crippen LogP contribution in [0.2, 0.25) is 0 Å². The summed E-state index contributed by atoms with van der Waals surface area (Å²) < 4.78 is 5.37. The number of carboxylic acids is 1. The molecule has 1 aromatic heterocycles. The lowest BCUT2D eigenvalue weighted by Gasteiger charge is -2.31. The van der Waals surface area contributed by atoms with Crippen LogP contribution in [0.1, 0.15) is 48.7 Å². The van der Waals surface area contributed by atoms with Crippen molar-refractivity contribution >= 4 is 11.9 Å². The van der Waals surface area contributed by atoms with E-state index in [1.54, 1.807) is 12.3 Å². The van der Waals surface area contributed by atoms with Crippen molar-refractivity contribution in [2.45, 2.75) is 39.0 Å². The topological polar surface area (TPSA) is 70.8 Å². The molecule has 1 fully saturated rings. The van der Waals surface area contributed by atoms with Gasteiger partial charge in [0, 0.05) is 25.9 Å². The molecule has 1 amide bonds. The van der Waals surface area contributed by atoms with Gasteiger partial charge < -0.3 is 14.4 Å². The molecule has 0 aromatic carbocycles. The minimum atomic E-state index is -0.755. The van der Waals surface area contributed by atoms with E-state index in [0.29, 0.717) is 18.7 Å². The Kier molecular flexibility index (Phi) is 4.82. The summed E-state index contributed by atoms with van der Waals surface area (Å²) in [5.41, 5.74) is 0.656. The van der Waals surface area contributed by atoms with Crippen molar-refractivity contribution in [3.05, 3.63) is 23.7 Å². The van der Waals surface area contributed by atoms with Crippen molar-refractivity contribution < 1.29 is 19.1 Å². The monoisotopic (exact) mass is 279 g/mol. The van der Waals surface area contributed by atoms with Crippen LogP contribution in [0.3, 0.4) is 0 Å². The van der Waals surface area contributed by atoms with Gasteiger partial charge in [-0.3, -0.25) is 9.59 Å². The summed E-state index contributed by atoms with van der Waals surface area (Å²) >= 11 is 0. The molecule has 0 saturated carbocycles. The highest BCUT2D eigenvalue weighted by Crippen LogP contribution is 2.23. The number of piperidine rings is 1. The summed E-state index contributed by atoms with van der Waals surface area (Å²) in [4.78, 5) is 24.9. The van der Waals surface area contributed by atoms with Gasteiger partial charge in [0.2, 0.25) is 0 Å². The Morgan fingerprint density at radius 3 is 2.70 bits per heavy atom. The normalized spacial score (nSPS) is 16.4. The number of amides is 1. The number of carbonyl (C=O) groups is 2. The second kappa shape index (κ2) is 6.59. The zero-order valence-corrected chi connectivity index (χ0v) is 11.8. The first-order chi connectivity index (χ1) is 9.61. The molecule has 5 nitrogen and oxygen atoms in total. The van der Waals surface area contributed by atoms with E-state index >= 15 is 0 Å². The summed E-state index contributed by atoms with van der Waals surface area (Å²) in [6.45, 7) is 3.31. The summed E-state index contributed by atoms with van der Waals surface area (Å²) in [7, 11) is 0. The summed E-state index contributed by atoms with van der Waals surface area (Å²) in [5, 5.41) is 8.79. The predicted octanol–water partition coefficient (Wildman–Crippen LogP) is 2.56. The summed E-state index contributed by atoms with van der Waals surface area (Å²) in [5.74, 6) is 0.201. The Bertz CT molecular complexity index is 472. The van der Waals surface area contributed by atoms with Crippen molar-refractivity contribution in [1.29, 1.82) is 0 Å². The molecule has 5 heteroatoms. The van der Waals surface area contributed by atoms with Crippen molar-refractivity contribution in [2.24, 2.45) is 5.92 Å². The van der Waals surface area contributed by atoms with Crippen LogP contribution in [0, 0.1) is 5.92 Å². The molecular formula is C15H21NO4. The van der Waals surface area contributed by atoms with Crippen LogP contribution < -0.4 is 0 Å². The second-order valence-corrected chi connectivity index (χ2v) is 5.34. The second-order valence-electron chi connectivity index (χ2n) is 5.34. The van der Waals surface area contributed by atoms with Crippen LogP contribution >= 0.6 is 0 Å². The molecule has 1 aromatic rings. The molecular weight excluding hydrogens is 258 g/mol. The first-order valence-electron chi connectivity index (χ1n) is 7.19. The maximum absolute atomic E-state index is 12.4. The third-order valence-electron chi connectivity index (χ3n) is 3.82. The average molecular weight is 279 g/mol. The van der Waals surface area contributed by atoms with Gasteiger partial charge in [-0.2, -0.15) is 0 Å². The van der Waals surface area contributed by atoms with Crippen LogP contribution in [0.5, 0.6) is 0 Å². The Balaban J connectivity index is 1.94. The number of nitrogens with zero attached hydrogens (tertiary/aromatic N) is 1. The van der Waals surface area contributed by atoms with Gasteiger partial charge >= 0.3 is 5.97 Å². The molecule has 0 atom stereocenters. The van der Waals surface area contributed by atoms with Gasteiger partial charge in [0.05, 0.1) is 11.8 Å². The van der Waals surface area contributed by atoms with Gasteiger partial charge in [-0.05, 0) is 31.2 Å². The number of carboxylic acid groups (broad SMARTS) is 1. The van der Waals surface area contributed by atoms with Crippen molar-refractivity contribution in [3.8, 4) is 0 Å². The molecule has 0 aliphatic carbocycles. The smallest absolute Gasteiger partial charge is 0.303 e. The number of aliphatic carboxylic acids is 1. The van der Waals surface area contributed by atoms with E-state index in [1.165, 1.54) is 0 Å². The Hall–Kier alpha value is -1.78. The average Bonchev–Trinajstić information content (AvgIpc) is 2.87. The van der Waals surface area contributed by atoms with Gasteiger partial charge in [-0.1, -0.05) is 6.92 Å². The maximum atomic E-state index is 12.4. The number of aryl methyl sites for hydroxylation is 1. The van der Waals surface area contributed by atoms with Crippen molar-refractivity contribution in [3.63, 3.8) is 0 Å². The number of rotatable bonds is 5. The zero-order valence-electron chi connectivity index (χ0n) is 11.8. The van der Waals surface area contributed by atoms with E-state index in [1.807, 2.05) is 11.8 Å². The van der Waals surface area contributed by atoms with E-state index < -0.39 is 5.97 Å². The first kappa shape index (κ1) is 14.6. The fourth-order valence-electron chi connectivity index (χ4n) is 2.71. The van der Waals surface area contributed by atoms with Gasteiger partial charge in [-0.15, -0.1) is 0 Å². The molecule has 0 bridgehead atoms. The van der Waals surface area contributed by atoms with E-state index in [0.717, 1.165) is 31.4 Å². The zero-order chi connectivity index (χ0) is 14.5. The van der Waals surface area contributed by atoms with Gasteiger partial charge in [0.15, 0.2) is 0 Å². The molecule has 1 aliphatic rings. The Morgan fingerprint density at radius 1 is 1.40 bits per heavy atom. The third-order valence-corrected chi connectivity index (χ3v) is 3.82. The molecule has 0 unspecified atom stereocenters. The van der Waals surface area contributed by atoms with Crippen LogP contribution in [0.4, 0.5) is 0 Å². The minimum Gasteiger partial charge on any atom is -0.481 e. The third kappa shape index (κ3) is 3.40. The lowest BCUT2D eigenvalue weighted by atomic mass is 9.93. The highest BCUT2D eigenvalue weighted by atomic mass is 16.4. The lowest BCUT2D eigenvalue weighted by molar-refractivity contribution is -0.138. The van der Waals surface area contributed by atoms with E-state index in [-0.39, 0.29) is 18.2 Å². The number of likely N-dealkylation sites (tertiary alicyclic amines) is 1. The van der Waals surface area contributed by atoms with Crippen LogP contribution in [0.25, 0.3) is 0 Å². The molecule has 20 heavy (non-hydrogen) atoms. The highest BCUT2D eigenvalue weighted by molar-refractivity contribution is 5.95. The highest BCUT2D eigenvalue weighted by Gasteiger charge is 2.26. The molecule has 2 heterocycles. The molecule has 2 rings (SSSR count). The molecule has 0 spiro atoms. The van der Waals surface area contributed by atoms with Crippen LogP contribution in [-0.4, -0.2) is 35.0 Å². The SMILES string of the molecule is CCCc1occc1C(=O)N1CCC(CC(=O)O)CC1. The molecule has 0 radical (unpaired) electrons. The van der Waals surface area contributed by atoms with Gasteiger partial charge in [-0.25, -0.2) is 0 Å². The van der Waals surface area contributed by atoms with Crippen LogP contribution in [0.15, 0.2) is 16.7 Å². The van der Waals surface area contributed by atoms with E-state index in [9.17, 15) is 9.59 Å². The van der Waals surface area contributed by atoms with E-state index in [2.05, 4.69) is 0 Å².